The van der Waals surface area contributed by atoms with Crippen LogP contribution in [0.3, 0.4) is 0 Å². The highest BCUT2D eigenvalue weighted by Crippen LogP contribution is 2.19. The Labute approximate surface area is 162 Å². The number of aromatic nitrogens is 2. The second-order valence-corrected chi connectivity index (χ2v) is 6.26. The van der Waals surface area contributed by atoms with Gasteiger partial charge in [0.2, 0.25) is 5.95 Å². The highest BCUT2D eigenvalue weighted by atomic mass is 35.5. The first kappa shape index (κ1) is 18.7. The number of carbonyl (C=O) groups excluding carboxylic acids is 1. The Hall–Kier alpha value is -3.12. The minimum absolute atomic E-state index is 0.376. The van der Waals surface area contributed by atoms with Crippen LogP contribution in [0.5, 0.6) is 0 Å². The fourth-order valence-electron chi connectivity index (χ4n) is 2.48. The molecule has 2 aromatic carbocycles. The number of nitrogens with one attached hydrogen (secondary N) is 2. The molecule has 0 saturated carbocycles. The van der Waals surface area contributed by atoms with Crippen molar-refractivity contribution < 1.29 is 9.53 Å². The molecule has 2 N–H and O–H groups in total. The number of nitrogens with zero attached hydrogens (tertiary/aromatic N) is 2. The smallest absolute Gasteiger partial charge is 0.337 e. The zero-order chi connectivity index (χ0) is 19.2. The van der Waals surface area contributed by atoms with Crippen LogP contribution in [0, 0.1) is 6.92 Å². The summed E-state index contributed by atoms with van der Waals surface area (Å²) in [7, 11) is 1.35. The van der Waals surface area contributed by atoms with Crippen molar-refractivity contribution in [2.24, 2.45) is 0 Å². The molecule has 0 spiro atoms. The molecule has 0 radical (unpaired) electrons. The standard InChI is InChI=1S/C20H19ClN4O2/c1-13-11-18(22-12-15-5-3-4-6-17(15)21)25-20(23-13)24-16-9-7-14(8-10-16)19(26)27-2/h3-11H,12H2,1-2H3,(H2,22,23,24,25). The molecule has 0 unspecified atom stereocenters. The zero-order valence-electron chi connectivity index (χ0n) is 15.0. The Morgan fingerprint density at radius 2 is 1.85 bits per heavy atom. The van der Waals surface area contributed by atoms with Crippen LogP contribution in [0.2, 0.25) is 5.02 Å². The summed E-state index contributed by atoms with van der Waals surface area (Å²) in [6, 6.07) is 16.4. The summed E-state index contributed by atoms with van der Waals surface area (Å²) >= 11 is 6.19. The average Bonchev–Trinajstić information content (AvgIpc) is 2.67. The molecule has 6 nitrogen and oxygen atoms in total. The minimum atomic E-state index is -0.376. The quantitative estimate of drug-likeness (QED) is 0.608. The summed E-state index contributed by atoms with van der Waals surface area (Å²) < 4.78 is 4.70. The molecule has 3 rings (SSSR count). The van der Waals surface area contributed by atoms with Gasteiger partial charge in [-0.15, -0.1) is 0 Å². The first-order valence-electron chi connectivity index (χ1n) is 8.33. The van der Waals surface area contributed by atoms with Crippen molar-refractivity contribution in [1.29, 1.82) is 0 Å². The van der Waals surface area contributed by atoms with Crippen molar-refractivity contribution in [3.63, 3.8) is 0 Å². The number of halogens is 1. The van der Waals surface area contributed by atoms with Crippen LogP contribution < -0.4 is 10.6 Å². The Bertz CT molecular complexity index is 945. The number of ether oxygens (including phenoxy) is 1. The molecule has 0 bridgehead atoms. The van der Waals surface area contributed by atoms with E-state index in [9.17, 15) is 4.79 Å². The molecule has 0 aliphatic carbocycles. The average molecular weight is 383 g/mol. The van der Waals surface area contributed by atoms with Crippen LogP contribution in [0.25, 0.3) is 0 Å². The van der Waals surface area contributed by atoms with Crippen molar-refractivity contribution in [2.75, 3.05) is 17.7 Å². The molecule has 27 heavy (non-hydrogen) atoms. The van der Waals surface area contributed by atoms with Gasteiger partial charge in [-0.3, -0.25) is 0 Å². The maximum Gasteiger partial charge on any atom is 0.337 e. The zero-order valence-corrected chi connectivity index (χ0v) is 15.7. The van der Waals surface area contributed by atoms with Gasteiger partial charge in [-0.25, -0.2) is 9.78 Å². The van der Waals surface area contributed by atoms with E-state index in [1.807, 2.05) is 37.3 Å². The van der Waals surface area contributed by atoms with Crippen LogP contribution in [-0.2, 0) is 11.3 Å². The third-order valence-corrected chi connectivity index (χ3v) is 4.20. The first-order chi connectivity index (χ1) is 13.0. The largest absolute Gasteiger partial charge is 0.465 e. The van der Waals surface area contributed by atoms with Crippen molar-refractivity contribution in [3.05, 3.63) is 76.4 Å². The van der Waals surface area contributed by atoms with Gasteiger partial charge in [0, 0.05) is 29.0 Å². The highest BCUT2D eigenvalue weighted by molar-refractivity contribution is 6.31. The van der Waals surface area contributed by atoms with Crippen LogP contribution in [-0.4, -0.2) is 23.0 Å². The van der Waals surface area contributed by atoms with E-state index in [0.717, 1.165) is 16.9 Å². The van der Waals surface area contributed by atoms with Crippen LogP contribution in [0.4, 0.5) is 17.5 Å². The van der Waals surface area contributed by atoms with E-state index in [1.54, 1.807) is 24.3 Å². The Kier molecular flexibility index (Phi) is 5.88. The van der Waals surface area contributed by atoms with Gasteiger partial charge < -0.3 is 15.4 Å². The van der Waals surface area contributed by atoms with Gasteiger partial charge in [-0.2, -0.15) is 4.98 Å². The van der Waals surface area contributed by atoms with Gasteiger partial charge in [0.15, 0.2) is 0 Å². The molecule has 1 heterocycles. The number of carbonyl (C=O) groups is 1. The highest BCUT2D eigenvalue weighted by Gasteiger charge is 2.07. The monoisotopic (exact) mass is 382 g/mol. The molecular weight excluding hydrogens is 364 g/mol. The molecule has 0 fully saturated rings. The summed E-state index contributed by atoms with van der Waals surface area (Å²) in [6.45, 7) is 2.46. The van der Waals surface area contributed by atoms with Crippen molar-refractivity contribution in [2.45, 2.75) is 13.5 Å². The fourth-order valence-corrected chi connectivity index (χ4v) is 2.68. The number of methoxy groups -OCH3 is 1. The van der Waals surface area contributed by atoms with E-state index >= 15 is 0 Å². The Morgan fingerprint density at radius 3 is 2.56 bits per heavy atom. The number of aryl methyl sites for hydroxylation is 1. The molecule has 0 aliphatic heterocycles. The van der Waals surface area contributed by atoms with Crippen molar-refractivity contribution in [1.82, 2.24) is 9.97 Å². The van der Waals surface area contributed by atoms with Crippen LogP contribution in [0.1, 0.15) is 21.6 Å². The van der Waals surface area contributed by atoms with Crippen LogP contribution >= 0.6 is 11.6 Å². The first-order valence-corrected chi connectivity index (χ1v) is 8.71. The summed E-state index contributed by atoms with van der Waals surface area (Å²) in [5.41, 5.74) is 3.06. The lowest BCUT2D eigenvalue weighted by atomic mass is 10.2. The summed E-state index contributed by atoms with van der Waals surface area (Å²) in [5.74, 6) is 0.776. The molecular formula is C20H19ClN4O2. The summed E-state index contributed by atoms with van der Waals surface area (Å²) in [4.78, 5) is 20.4. The van der Waals surface area contributed by atoms with E-state index in [4.69, 9.17) is 16.3 Å². The number of benzene rings is 2. The number of hydrogen-bond donors (Lipinski definition) is 2. The maximum atomic E-state index is 11.5. The predicted octanol–water partition coefficient (Wildman–Crippen LogP) is 4.58. The third kappa shape index (κ3) is 4.95. The van der Waals surface area contributed by atoms with Crippen LogP contribution in [0.15, 0.2) is 54.6 Å². The van der Waals surface area contributed by atoms with E-state index in [-0.39, 0.29) is 5.97 Å². The lowest BCUT2D eigenvalue weighted by molar-refractivity contribution is 0.0601. The second-order valence-electron chi connectivity index (χ2n) is 5.86. The number of esters is 1. The molecule has 0 atom stereocenters. The maximum absolute atomic E-state index is 11.5. The van der Waals surface area contributed by atoms with Gasteiger partial charge in [-0.1, -0.05) is 29.8 Å². The minimum Gasteiger partial charge on any atom is -0.465 e. The second kappa shape index (κ2) is 8.51. The van der Waals surface area contributed by atoms with E-state index in [0.29, 0.717) is 28.9 Å². The van der Waals surface area contributed by atoms with Gasteiger partial charge >= 0.3 is 5.97 Å². The fraction of sp³-hybridized carbons (Fsp3) is 0.150. The predicted molar refractivity (Wildman–Crippen MR) is 107 cm³/mol. The Morgan fingerprint density at radius 1 is 1.11 bits per heavy atom. The third-order valence-electron chi connectivity index (χ3n) is 3.83. The molecule has 0 aliphatic rings. The summed E-state index contributed by atoms with van der Waals surface area (Å²) in [6.07, 6.45) is 0. The lowest BCUT2D eigenvalue weighted by Gasteiger charge is -2.11. The molecule has 7 heteroatoms. The van der Waals surface area contributed by atoms with Gasteiger partial charge in [0.05, 0.1) is 12.7 Å². The number of rotatable bonds is 6. The van der Waals surface area contributed by atoms with E-state index in [1.165, 1.54) is 7.11 Å². The molecule has 1 aromatic heterocycles. The topological polar surface area (TPSA) is 76.1 Å². The van der Waals surface area contributed by atoms with Crippen molar-refractivity contribution >= 4 is 35.0 Å². The van der Waals surface area contributed by atoms with E-state index < -0.39 is 0 Å². The van der Waals surface area contributed by atoms with Gasteiger partial charge in [0.1, 0.15) is 5.82 Å². The van der Waals surface area contributed by atoms with Gasteiger partial charge in [0.25, 0.3) is 0 Å². The summed E-state index contributed by atoms with van der Waals surface area (Å²) in [5, 5.41) is 7.11. The number of anilines is 3. The molecule has 0 saturated heterocycles. The van der Waals surface area contributed by atoms with Crippen molar-refractivity contribution in [3.8, 4) is 0 Å². The molecule has 3 aromatic rings. The SMILES string of the molecule is COC(=O)c1ccc(Nc2nc(C)cc(NCc3ccccc3Cl)n2)cc1. The molecule has 0 amide bonds. The van der Waals surface area contributed by atoms with Gasteiger partial charge in [-0.05, 0) is 42.8 Å². The normalized spacial score (nSPS) is 10.3. The Balaban J connectivity index is 1.71. The van der Waals surface area contributed by atoms with E-state index in [2.05, 4.69) is 20.6 Å². The lowest BCUT2D eigenvalue weighted by Crippen LogP contribution is -2.06. The molecule has 138 valence electrons. The number of hydrogen-bond acceptors (Lipinski definition) is 6.